The van der Waals surface area contributed by atoms with E-state index in [4.69, 9.17) is 5.41 Å². The average molecular weight is 129 g/mol. The Bertz CT molecular complexity index is 129. The van der Waals surface area contributed by atoms with E-state index in [2.05, 4.69) is 9.78 Å². The predicted octanol–water partition coefficient (Wildman–Crippen LogP) is 1.51. The largest absolute Gasteiger partial charge is 0.343 e. The van der Waals surface area contributed by atoms with Crippen LogP contribution in [0.5, 0.6) is 0 Å². The number of hydrogen-bond donors (Lipinski definition) is 1. The first-order valence-corrected chi connectivity index (χ1v) is 2.61. The van der Waals surface area contributed by atoms with Crippen molar-refractivity contribution >= 4 is 5.71 Å². The normalized spacial score (nSPS) is 11.2. The maximum Gasteiger partial charge on any atom is 0.141 e. The second-order valence-corrected chi connectivity index (χ2v) is 1.69. The van der Waals surface area contributed by atoms with Gasteiger partial charge in [-0.15, -0.1) is 0 Å². The molecule has 0 unspecified atom stereocenters. The van der Waals surface area contributed by atoms with Gasteiger partial charge in [0.25, 0.3) is 0 Å². The zero-order valence-corrected chi connectivity index (χ0v) is 5.89. The molecule has 0 rings (SSSR count). The van der Waals surface area contributed by atoms with E-state index < -0.39 is 0 Å². The lowest BCUT2D eigenvalue weighted by molar-refractivity contribution is -0.236. The molecule has 0 bridgehead atoms. The van der Waals surface area contributed by atoms with Crippen molar-refractivity contribution in [1.29, 1.82) is 5.41 Å². The highest BCUT2D eigenvalue weighted by Crippen LogP contribution is 1.94. The van der Waals surface area contributed by atoms with Gasteiger partial charge in [-0.05, 0) is 13.8 Å². The molecule has 0 aliphatic heterocycles. The van der Waals surface area contributed by atoms with E-state index in [1.54, 1.807) is 19.9 Å². The molecule has 0 aromatic rings. The third kappa shape index (κ3) is 5.03. The molecule has 0 saturated heterocycles. The number of hydrogen-bond acceptors (Lipinski definition) is 3. The summed E-state index contributed by atoms with van der Waals surface area (Å²) >= 11 is 0. The van der Waals surface area contributed by atoms with E-state index in [0.29, 0.717) is 11.5 Å². The summed E-state index contributed by atoms with van der Waals surface area (Å²) in [7, 11) is 1.43. The molecule has 0 heterocycles. The van der Waals surface area contributed by atoms with Crippen molar-refractivity contribution in [1.82, 2.24) is 0 Å². The van der Waals surface area contributed by atoms with Gasteiger partial charge in [0.1, 0.15) is 5.76 Å². The molecule has 52 valence electrons. The lowest BCUT2D eigenvalue weighted by Gasteiger charge is -1.97. The average Bonchev–Trinajstić information content (AvgIpc) is 1.63. The first kappa shape index (κ1) is 8.17. The molecule has 9 heavy (non-hydrogen) atoms. The minimum atomic E-state index is 0.449. The Morgan fingerprint density at radius 2 is 2.00 bits per heavy atom. The van der Waals surface area contributed by atoms with Crippen LogP contribution in [0, 0.1) is 5.41 Å². The molecule has 0 saturated carbocycles. The minimum absolute atomic E-state index is 0.449. The summed E-state index contributed by atoms with van der Waals surface area (Å²) in [5.74, 6) is 0.588. The molecule has 0 aromatic heterocycles. The van der Waals surface area contributed by atoms with Crippen LogP contribution in [0.4, 0.5) is 0 Å². The monoisotopic (exact) mass is 129 g/mol. The van der Waals surface area contributed by atoms with Crippen molar-refractivity contribution in [3.8, 4) is 0 Å². The molecular weight excluding hydrogens is 118 g/mol. The molecule has 3 nitrogen and oxygen atoms in total. The smallest absolute Gasteiger partial charge is 0.141 e. The summed E-state index contributed by atoms with van der Waals surface area (Å²) in [6.07, 6.45) is 1.57. The lowest BCUT2D eigenvalue weighted by atomic mass is 10.4. The van der Waals surface area contributed by atoms with E-state index in [1.807, 2.05) is 0 Å². The van der Waals surface area contributed by atoms with Gasteiger partial charge in [-0.25, -0.2) is 0 Å². The van der Waals surface area contributed by atoms with Gasteiger partial charge >= 0.3 is 0 Å². The Hall–Kier alpha value is -0.830. The van der Waals surface area contributed by atoms with Crippen LogP contribution in [0.1, 0.15) is 13.8 Å². The maximum atomic E-state index is 6.99. The lowest BCUT2D eigenvalue weighted by Crippen LogP contribution is -1.89. The third-order valence-corrected chi connectivity index (χ3v) is 0.635. The second kappa shape index (κ2) is 4.09. The summed E-state index contributed by atoms with van der Waals surface area (Å²) in [5, 5.41) is 6.99. The van der Waals surface area contributed by atoms with E-state index >= 15 is 0 Å². The first-order valence-electron chi connectivity index (χ1n) is 2.61. The Labute approximate surface area is 54.7 Å². The SMILES string of the molecule is COO/C(C)=C\C(C)=N. The highest BCUT2D eigenvalue weighted by atomic mass is 17.2. The van der Waals surface area contributed by atoms with Crippen LogP contribution in [0.15, 0.2) is 11.8 Å². The van der Waals surface area contributed by atoms with Crippen LogP contribution in [-0.2, 0) is 9.78 Å². The molecular formula is C6H11NO2. The molecule has 0 aliphatic rings. The molecule has 0 aromatic carbocycles. The Kier molecular flexibility index (Phi) is 3.71. The highest BCUT2D eigenvalue weighted by Gasteiger charge is 1.87. The molecule has 0 spiro atoms. The van der Waals surface area contributed by atoms with Gasteiger partial charge in [0, 0.05) is 11.8 Å². The first-order chi connectivity index (χ1) is 4.16. The number of rotatable bonds is 3. The van der Waals surface area contributed by atoms with Crippen molar-refractivity contribution < 1.29 is 9.78 Å². The Balaban J connectivity index is 3.69. The predicted molar refractivity (Wildman–Crippen MR) is 35.3 cm³/mol. The summed E-state index contributed by atoms with van der Waals surface area (Å²) in [6, 6.07) is 0. The quantitative estimate of drug-likeness (QED) is 0.271. The summed E-state index contributed by atoms with van der Waals surface area (Å²) < 4.78 is 0. The fraction of sp³-hybridized carbons (Fsp3) is 0.500. The fourth-order valence-electron chi connectivity index (χ4n) is 0.460. The third-order valence-electron chi connectivity index (χ3n) is 0.635. The summed E-state index contributed by atoms with van der Waals surface area (Å²) in [5.41, 5.74) is 0.449. The Morgan fingerprint density at radius 3 is 2.33 bits per heavy atom. The molecule has 0 fully saturated rings. The maximum absolute atomic E-state index is 6.99. The van der Waals surface area contributed by atoms with Crippen molar-refractivity contribution in [2.24, 2.45) is 0 Å². The minimum Gasteiger partial charge on any atom is -0.343 e. The Morgan fingerprint density at radius 1 is 1.44 bits per heavy atom. The standard InChI is InChI=1S/C6H11NO2/c1-5(7)4-6(2)9-8-3/h4,7H,1-3H3/b6-4-,7-5?. The van der Waals surface area contributed by atoms with Crippen LogP contribution in [0.2, 0.25) is 0 Å². The van der Waals surface area contributed by atoms with E-state index in [-0.39, 0.29) is 0 Å². The van der Waals surface area contributed by atoms with Gasteiger partial charge < -0.3 is 10.3 Å². The van der Waals surface area contributed by atoms with Gasteiger partial charge in [-0.2, -0.15) is 4.89 Å². The number of nitrogens with one attached hydrogen (secondary N) is 1. The van der Waals surface area contributed by atoms with Crippen LogP contribution < -0.4 is 0 Å². The van der Waals surface area contributed by atoms with Crippen LogP contribution in [0.3, 0.4) is 0 Å². The van der Waals surface area contributed by atoms with Crippen molar-refractivity contribution in [2.45, 2.75) is 13.8 Å². The van der Waals surface area contributed by atoms with Crippen molar-refractivity contribution in [2.75, 3.05) is 7.11 Å². The van der Waals surface area contributed by atoms with Gasteiger partial charge in [0.05, 0.1) is 7.11 Å². The molecule has 3 heteroatoms. The zero-order valence-electron chi connectivity index (χ0n) is 5.89. The van der Waals surface area contributed by atoms with E-state index in [9.17, 15) is 0 Å². The summed E-state index contributed by atoms with van der Waals surface area (Å²) in [6.45, 7) is 3.39. The van der Waals surface area contributed by atoms with E-state index in [1.165, 1.54) is 7.11 Å². The summed E-state index contributed by atoms with van der Waals surface area (Å²) in [4.78, 5) is 8.91. The van der Waals surface area contributed by atoms with Gasteiger partial charge in [0.15, 0.2) is 0 Å². The fourth-order valence-corrected chi connectivity index (χ4v) is 0.460. The topological polar surface area (TPSA) is 42.3 Å². The molecule has 0 radical (unpaired) electrons. The highest BCUT2D eigenvalue weighted by molar-refractivity contribution is 5.90. The van der Waals surface area contributed by atoms with Gasteiger partial charge in [-0.1, -0.05) is 0 Å². The van der Waals surface area contributed by atoms with Crippen LogP contribution in [-0.4, -0.2) is 12.8 Å². The molecule has 0 atom stereocenters. The van der Waals surface area contributed by atoms with Gasteiger partial charge in [0.2, 0.25) is 0 Å². The molecule has 0 aliphatic carbocycles. The van der Waals surface area contributed by atoms with E-state index in [0.717, 1.165) is 0 Å². The molecule has 1 N–H and O–H groups in total. The van der Waals surface area contributed by atoms with Gasteiger partial charge in [-0.3, -0.25) is 0 Å². The zero-order chi connectivity index (χ0) is 7.28. The van der Waals surface area contributed by atoms with Crippen molar-refractivity contribution in [3.05, 3.63) is 11.8 Å². The number of allylic oxidation sites excluding steroid dienone is 2. The van der Waals surface area contributed by atoms with Crippen LogP contribution >= 0.6 is 0 Å². The molecule has 0 amide bonds. The second-order valence-electron chi connectivity index (χ2n) is 1.69. The van der Waals surface area contributed by atoms with Crippen LogP contribution in [0.25, 0.3) is 0 Å². The van der Waals surface area contributed by atoms with Crippen molar-refractivity contribution in [3.63, 3.8) is 0 Å².